The molecular formula is C23H27N3O4+2. The molecule has 0 radical (unpaired) electrons. The van der Waals surface area contributed by atoms with Gasteiger partial charge in [-0.1, -0.05) is 30.3 Å². The largest absolute Gasteiger partial charge is 0.465 e. The fourth-order valence-electron chi connectivity index (χ4n) is 4.42. The van der Waals surface area contributed by atoms with Gasteiger partial charge in [0, 0.05) is 5.56 Å². The number of imide groups is 1. The van der Waals surface area contributed by atoms with Crippen LogP contribution >= 0.6 is 0 Å². The molecule has 2 saturated heterocycles. The topological polar surface area (TPSA) is 72.6 Å². The molecule has 2 fully saturated rings. The molecule has 0 unspecified atom stereocenters. The first-order valence-corrected chi connectivity index (χ1v) is 10.3. The summed E-state index contributed by atoms with van der Waals surface area (Å²) in [7, 11) is 1.32. The van der Waals surface area contributed by atoms with Crippen LogP contribution in [-0.4, -0.2) is 57.1 Å². The standard InChI is InChI=1S/C23H25N3O4/c1-30-23(29)18-7-9-19(10-8-18)26-21(27)15-20(22(26)28)25-13-11-24(12-14-25)16-17-5-3-2-4-6-17/h2-10,20H,11-16H2,1H3/p+2/t20-/m0/s1. The first kappa shape index (κ1) is 20.3. The highest BCUT2D eigenvalue weighted by Crippen LogP contribution is 2.22. The van der Waals surface area contributed by atoms with Crippen LogP contribution in [-0.2, 0) is 20.9 Å². The molecule has 1 atom stereocenters. The lowest BCUT2D eigenvalue weighted by Crippen LogP contribution is -3.29. The number of anilines is 1. The molecule has 0 saturated carbocycles. The SMILES string of the molecule is COC(=O)c1ccc(N2C(=O)C[C@H]([NH+]3CC[NH+](Cc4ccccc4)CC3)C2=O)cc1. The van der Waals surface area contributed by atoms with E-state index in [0.717, 1.165) is 32.7 Å². The number of esters is 1. The average molecular weight is 409 g/mol. The van der Waals surface area contributed by atoms with E-state index in [2.05, 4.69) is 24.3 Å². The molecule has 7 heteroatoms. The van der Waals surface area contributed by atoms with E-state index in [1.165, 1.54) is 27.4 Å². The predicted octanol–water partition coefficient (Wildman–Crippen LogP) is -0.911. The quantitative estimate of drug-likeness (QED) is 0.496. The molecule has 4 rings (SSSR count). The van der Waals surface area contributed by atoms with Gasteiger partial charge in [-0.2, -0.15) is 0 Å². The third-order valence-electron chi connectivity index (χ3n) is 6.08. The van der Waals surface area contributed by atoms with Crippen molar-refractivity contribution in [3.05, 3.63) is 65.7 Å². The van der Waals surface area contributed by atoms with E-state index in [-0.39, 0.29) is 24.3 Å². The van der Waals surface area contributed by atoms with Gasteiger partial charge in [-0.25, -0.2) is 9.69 Å². The van der Waals surface area contributed by atoms with E-state index in [9.17, 15) is 14.4 Å². The van der Waals surface area contributed by atoms with Crippen molar-refractivity contribution < 1.29 is 28.9 Å². The van der Waals surface area contributed by atoms with Crippen LogP contribution in [0.25, 0.3) is 0 Å². The number of nitrogens with zero attached hydrogens (tertiary/aromatic N) is 1. The number of carbonyl (C=O) groups excluding carboxylic acids is 3. The summed E-state index contributed by atoms with van der Waals surface area (Å²) in [6.45, 7) is 4.71. The number of methoxy groups -OCH3 is 1. The van der Waals surface area contributed by atoms with Crippen molar-refractivity contribution in [2.75, 3.05) is 38.2 Å². The predicted molar refractivity (Wildman–Crippen MR) is 110 cm³/mol. The summed E-state index contributed by atoms with van der Waals surface area (Å²) in [5.74, 6) is -0.770. The molecule has 0 aromatic heterocycles. The second-order valence-electron chi connectivity index (χ2n) is 7.93. The molecule has 2 aliphatic heterocycles. The van der Waals surface area contributed by atoms with Gasteiger partial charge < -0.3 is 14.5 Å². The smallest absolute Gasteiger partial charge is 0.337 e. The van der Waals surface area contributed by atoms with Gasteiger partial charge >= 0.3 is 5.97 Å². The molecule has 2 amide bonds. The normalized spacial score (nSPS) is 24.2. The van der Waals surface area contributed by atoms with Crippen molar-refractivity contribution in [1.82, 2.24) is 0 Å². The zero-order valence-corrected chi connectivity index (χ0v) is 17.1. The number of rotatable bonds is 5. The molecule has 0 spiro atoms. The molecule has 7 nitrogen and oxygen atoms in total. The van der Waals surface area contributed by atoms with Crippen LogP contribution in [0.1, 0.15) is 22.3 Å². The van der Waals surface area contributed by atoms with Gasteiger partial charge in [-0.3, -0.25) is 9.59 Å². The Bertz CT molecular complexity index is 921. The molecule has 30 heavy (non-hydrogen) atoms. The van der Waals surface area contributed by atoms with Gasteiger partial charge in [0.05, 0.1) is 24.8 Å². The Morgan fingerprint density at radius 1 is 1.00 bits per heavy atom. The lowest BCUT2D eigenvalue weighted by Gasteiger charge is -2.32. The minimum absolute atomic E-state index is 0.146. The van der Waals surface area contributed by atoms with Crippen molar-refractivity contribution >= 4 is 23.5 Å². The third kappa shape index (κ3) is 4.13. The highest BCUT2D eigenvalue weighted by atomic mass is 16.5. The Morgan fingerprint density at radius 3 is 2.30 bits per heavy atom. The number of hydrogen-bond acceptors (Lipinski definition) is 4. The summed E-state index contributed by atoms with van der Waals surface area (Å²) in [5.41, 5.74) is 2.22. The summed E-state index contributed by atoms with van der Waals surface area (Å²) >= 11 is 0. The third-order valence-corrected chi connectivity index (χ3v) is 6.08. The van der Waals surface area contributed by atoms with Crippen molar-refractivity contribution in [3.63, 3.8) is 0 Å². The van der Waals surface area contributed by atoms with Crippen LogP contribution in [0.15, 0.2) is 54.6 Å². The maximum Gasteiger partial charge on any atom is 0.337 e. The number of hydrogen-bond donors (Lipinski definition) is 2. The van der Waals surface area contributed by atoms with Crippen molar-refractivity contribution in [2.45, 2.75) is 19.0 Å². The monoisotopic (exact) mass is 409 g/mol. The first-order valence-electron chi connectivity index (χ1n) is 10.3. The number of ether oxygens (including phenoxy) is 1. The summed E-state index contributed by atoms with van der Waals surface area (Å²) < 4.78 is 4.69. The van der Waals surface area contributed by atoms with E-state index < -0.39 is 5.97 Å². The highest BCUT2D eigenvalue weighted by molar-refractivity contribution is 6.21. The minimum Gasteiger partial charge on any atom is -0.465 e. The lowest BCUT2D eigenvalue weighted by molar-refractivity contribution is -1.02. The van der Waals surface area contributed by atoms with Crippen LogP contribution in [0.4, 0.5) is 5.69 Å². The van der Waals surface area contributed by atoms with Crippen molar-refractivity contribution in [3.8, 4) is 0 Å². The Hall–Kier alpha value is -3.03. The van der Waals surface area contributed by atoms with Crippen molar-refractivity contribution in [1.29, 1.82) is 0 Å². The summed E-state index contributed by atoms with van der Waals surface area (Å²) in [6, 6.07) is 16.5. The minimum atomic E-state index is -0.446. The molecule has 2 aliphatic rings. The van der Waals surface area contributed by atoms with Crippen LogP contribution in [0.2, 0.25) is 0 Å². The van der Waals surface area contributed by atoms with Gasteiger partial charge in [0.1, 0.15) is 32.7 Å². The molecule has 2 heterocycles. The van der Waals surface area contributed by atoms with Gasteiger partial charge in [-0.05, 0) is 24.3 Å². The van der Waals surface area contributed by atoms with Crippen molar-refractivity contribution in [2.24, 2.45) is 0 Å². The number of benzene rings is 2. The highest BCUT2D eigenvalue weighted by Gasteiger charge is 2.46. The van der Waals surface area contributed by atoms with E-state index in [1.807, 2.05) is 6.07 Å². The molecule has 2 N–H and O–H groups in total. The van der Waals surface area contributed by atoms with Crippen LogP contribution in [0.5, 0.6) is 0 Å². The molecule has 2 aromatic rings. The maximum absolute atomic E-state index is 13.0. The van der Waals surface area contributed by atoms with Gasteiger partial charge in [0.25, 0.3) is 5.91 Å². The fourth-order valence-corrected chi connectivity index (χ4v) is 4.42. The van der Waals surface area contributed by atoms with E-state index >= 15 is 0 Å². The lowest BCUT2D eigenvalue weighted by atomic mass is 10.1. The zero-order valence-electron chi connectivity index (χ0n) is 17.1. The number of nitrogens with one attached hydrogen (secondary N) is 2. The van der Waals surface area contributed by atoms with Gasteiger partial charge in [0.2, 0.25) is 5.91 Å². The summed E-state index contributed by atoms with van der Waals surface area (Å²) in [5, 5.41) is 0. The number of piperazine rings is 1. The Labute approximate surface area is 175 Å². The van der Waals surface area contributed by atoms with Crippen LogP contribution < -0.4 is 14.7 Å². The summed E-state index contributed by atoms with van der Waals surface area (Å²) in [6.07, 6.45) is 0.237. The van der Waals surface area contributed by atoms with Crippen LogP contribution in [0, 0.1) is 0 Å². The molecule has 2 aromatic carbocycles. The van der Waals surface area contributed by atoms with Crippen LogP contribution in [0.3, 0.4) is 0 Å². The summed E-state index contributed by atoms with van der Waals surface area (Å²) in [4.78, 5) is 41.2. The Morgan fingerprint density at radius 2 is 1.67 bits per heavy atom. The Balaban J connectivity index is 1.38. The molecular weight excluding hydrogens is 382 g/mol. The fraction of sp³-hybridized carbons (Fsp3) is 0.348. The van der Waals surface area contributed by atoms with Gasteiger partial charge in [0.15, 0.2) is 6.04 Å². The average Bonchev–Trinajstić information content (AvgIpc) is 3.08. The molecule has 0 aliphatic carbocycles. The van der Waals surface area contributed by atoms with E-state index in [0.29, 0.717) is 11.3 Å². The molecule has 156 valence electrons. The second kappa shape index (κ2) is 8.77. The number of quaternary nitrogens is 2. The number of amides is 2. The number of carbonyl (C=O) groups is 3. The maximum atomic E-state index is 13.0. The zero-order chi connectivity index (χ0) is 21.1. The molecule has 0 bridgehead atoms. The van der Waals surface area contributed by atoms with E-state index in [1.54, 1.807) is 24.3 Å². The first-order chi connectivity index (χ1) is 14.6. The van der Waals surface area contributed by atoms with Gasteiger partial charge in [-0.15, -0.1) is 0 Å². The second-order valence-corrected chi connectivity index (χ2v) is 7.93. The van der Waals surface area contributed by atoms with E-state index in [4.69, 9.17) is 4.74 Å². The Kier molecular flexibility index (Phi) is 5.92.